The molecule has 0 unspecified atom stereocenters. The fourth-order valence-electron chi connectivity index (χ4n) is 1.14. The van der Waals surface area contributed by atoms with Crippen molar-refractivity contribution in [3.05, 3.63) is 0 Å². The Morgan fingerprint density at radius 3 is 2.62 bits per heavy atom. The van der Waals surface area contributed by atoms with Gasteiger partial charge in [0.25, 0.3) is 0 Å². The molecule has 1 saturated heterocycles. The van der Waals surface area contributed by atoms with Crippen molar-refractivity contribution < 1.29 is 4.74 Å². The van der Waals surface area contributed by atoms with Crippen LogP contribution < -0.4 is 11.2 Å². The highest BCUT2D eigenvalue weighted by Gasteiger charge is 2.10. The van der Waals surface area contributed by atoms with Gasteiger partial charge in [-0.25, -0.2) is 10.0 Å². The topological polar surface area (TPSA) is 62.9 Å². The summed E-state index contributed by atoms with van der Waals surface area (Å²) in [6.45, 7) is 7.20. The molecule has 0 amide bonds. The van der Waals surface area contributed by atoms with Gasteiger partial charge < -0.3 is 10.5 Å². The van der Waals surface area contributed by atoms with E-state index in [0.29, 0.717) is 5.96 Å². The molecule has 76 valence electrons. The van der Waals surface area contributed by atoms with Crippen molar-refractivity contribution in [2.45, 2.75) is 19.9 Å². The summed E-state index contributed by atoms with van der Waals surface area (Å²) < 4.78 is 5.20. The fourth-order valence-corrected chi connectivity index (χ4v) is 1.14. The number of rotatable bonds is 2. The van der Waals surface area contributed by atoms with Crippen molar-refractivity contribution in [2.75, 3.05) is 26.3 Å². The van der Waals surface area contributed by atoms with E-state index in [0.717, 1.165) is 26.3 Å². The van der Waals surface area contributed by atoms with Crippen LogP contribution >= 0.6 is 0 Å². The van der Waals surface area contributed by atoms with Crippen LogP contribution in [0, 0.1) is 0 Å². The number of hydrazine groups is 1. The maximum Gasteiger partial charge on any atom is 0.203 e. The molecule has 1 aliphatic heterocycles. The molecule has 0 spiro atoms. The summed E-state index contributed by atoms with van der Waals surface area (Å²) in [6.07, 6.45) is 0. The van der Waals surface area contributed by atoms with Gasteiger partial charge in [-0.3, -0.25) is 5.43 Å². The Bertz CT molecular complexity index is 175. The lowest BCUT2D eigenvalue weighted by Gasteiger charge is -2.27. The van der Waals surface area contributed by atoms with E-state index in [-0.39, 0.29) is 6.04 Å². The molecule has 1 fully saturated rings. The molecule has 1 rings (SSSR count). The number of nitrogens with zero attached hydrogens (tertiary/aromatic N) is 2. The van der Waals surface area contributed by atoms with Crippen LogP contribution in [-0.2, 0) is 4.74 Å². The molecule has 1 heterocycles. The summed E-state index contributed by atoms with van der Waals surface area (Å²) >= 11 is 0. The maximum absolute atomic E-state index is 5.66. The minimum atomic E-state index is 0.230. The largest absolute Gasteiger partial charge is 0.379 e. The maximum atomic E-state index is 5.66. The monoisotopic (exact) mass is 186 g/mol. The Morgan fingerprint density at radius 2 is 2.08 bits per heavy atom. The zero-order valence-corrected chi connectivity index (χ0v) is 8.29. The van der Waals surface area contributed by atoms with Crippen LogP contribution in [0.4, 0.5) is 0 Å². The lowest BCUT2D eigenvalue weighted by Crippen LogP contribution is -2.51. The van der Waals surface area contributed by atoms with Crippen LogP contribution in [0.5, 0.6) is 0 Å². The van der Waals surface area contributed by atoms with Crippen LogP contribution in [0.1, 0.15) is 13.8 Å². The highest BCUT2D eigenvalue weighted by molar-refractivity contribution is 5.77. The van der Waals surface area contributed by atoms with Crippen LogP contribution in [-0.4, -0.2) is 43.3 Å². The molecule has 5 heteroatoms. The lowest BCUT2D eigenvalue weighted by atomic mass is 10.4. The van der Waals surface area contributed by atoms with Gasteiger partial charge in [-0.05, 0) is 13.8 Å². The molecule has 0 aromatic rings. The van der Waals surface area contributed by atoms with Gasteiger partial charge in [0.05, 0.1) is 13.2 Å². The molecule has 0 aromatic heterocycles. The van der Waals surface area contributed by atoms with Crippen molar-refractivity contribution in [3.63, 3.8) is 0 Å². The average molecular weight is 186 g/mol. The summed E-state index contributed by atoms with van der Waals surface area (Å²) in [4.78, 5) is 4.17. The molecule has 0 radical (unpaired) electrons. The minimum absolute atomic E-state index is 0.230. The third kappa shape index (κ3) is 4.10. The Morgan fingerprint density at radius 1 is 1.46 bits per heavy atom. The predicted octanol–water partition coefficient (Wildman–Crippen LogP) is -0.454. The van der Waals surface area contributed by atoms with Gasteiger partial charge in [0.15, 0.2) is 0 Å². The zero-order chi connectivity index (χ0) is 9.68. The molecule has 0 aromatic carbocycles. The van der Waals surface area contributed by atoms with E-state index < -0.39 is 0 Å². The van der Waals surface area contributed by atoms with E-state index in [4.69, 9.17) is 10.5 Å². The summed E-state index contributed by atoms with van der Waals surface area (Å²) in [5.74, 6) is 0.483. The predicted molar refractivity (Wildman–Crippen MR) is 52.3 cm³/mol. The average Bonchev–Trinajstić information content (AvgIpc) is 2.04. The number of nitrogens with two attached hydrogens (primary N) is 1. The third-order valence-corrected chi connectivity index (χ3v) is 1.68. The standard InChI is InChI=1S/C8H18N4O/c1-7(2)10-8(9)11-12-3-5-13-6-4-12/h7H,3-6H2,1-2H3,(H3,9,10,11). The van der Waals surface area contributed by atoms with E-state index in [2.05, 4.69) is 10.4 Å². The first kappa shape index (κ1) is 10.3. The number of guanidine groups is 1. The number of aliphatic imine (C=N–C) groups is 1. The number of nitrogens with one attached hydrogen (secondary N) is 1. The van der Waals surface area contributed by atoms with Crippen molar-refractivity contribution in [3.8, 4) is 0 Å². The summed E-state index contributed by atoms with van der Waals surface area (Å²) in [6, 6.07) is 0.230. The van der Waals surface area contributed by atoms with Gasteiger partial charge in [0.2, 0.25) is 5.96 Å². The van der Waals surface area contributed by atoms with Gasteiger partial charge >= 0.3 is 0 Å². The Kier molecular flexibility index (Phi) is 3.98. The van der Waals surface area contributed by atoms with Crippen LogP contribution in [0.3, 0.4) is 0 Å². The van der Waals surface area contributed by atoms with Gasteiger partial charge in [-0.15, -0.1) is 0 Å². The van der Waals surface area contributed by atoms with E-state index in [1.165, 1.54) is 0 Å². The van der Waals surface area contributed by atoms with E-state index in [9.17, 15) is 0 Å². The lowest BCUT2D eigenvalue weighted by molar-refractivity contribution is 0.0245. The van der Waals surface area contributed by atoms with Gasteiger partial charge in [-0.2, -0.15) is 0 Å². The van der Waals surface area contributed by atoms with Crippen molar-refractivity contribution in [2.24, 2.45) is 10.7 Å². The van der Waals surface area contributed by atoms with Crippen molar-refractivity contribution in [1.82, 2.24) is 10.4 Å². The highest BCUT2D eigenvalue weighted by Crippen LogP contribution is 1.92. The van der Waals surface area contributed by atoms with Crippen LogP contribution in [0.15, 0.2) is 4.99 Å². The van der Waals surface area contributed by atoms with Gasteiger partial charge in [0, 0.05) is 19.1 Å². The second-order valence-corrected chi connectivity index (χ2v) is 3.32. The van der Waals surface area contributed by atoms with E-state index >= 15 is 0 Å². The number of hydrogen-bond donors (Lipinski definition) is 2. The molecule has 13 heavy (non-hydrogen) atoms. The first-order valence-corrected chi connectivity index (χ1v) is 4.61. The first-order chi connectivity index (χ1) is 6.18. The molecule has 3 N–H and O–H groups in total. The number of morpholine rings is 1. The molecule has 0 atom stereocenters. The molecule has 0 saturated carbocycles. The molecular weight excluding hydrogens is 168 g/mol. The Hall–Kier alpha value is -0.810. The van der Waals surface area contributed by atoms with E-state index in [1.807, 2.05) is 18.9 Å². The summed E-state index contributed by atoms with van der Waals surface area (Å²) in [5.41, 5.74) is 8.69. The fraction of sp³-hybridized carbons (Fsp3) is 0.875. The summed E-state index contributed by atoms with van der Waals surface area (Å²) in [5, 5.41) is 2.02. The van der Waals surface area contributed by atoms with Crippen molar-refractivity contribution >= 4 is 5.96 Å². The second-order valence-electron chi connectivity index (χ2n) is 3.32. The van der Waals surface area contributed by atoms with Crippen LogP contribution in [0.25, 0.3) is 0 Å². The van der Waals surface area contributed by atoms with E-state index in [1.54, 1.807) is 0 Å². The number of hydrogen-bond acceptors (Lipinski definition) is 3. The van der Waals surface area contributed by atoms with Crippen molar-refractivity contribution in [1.29, 1.82) is 0 Å². The van der Waals surface area contributed by atoms with Crippen LogP contribution in [0.2, 0.25) is 0 Å². The first-order valence-electron chi connectivity index (χ1n) is 4.61. The quantitative estimate of drug-likeness (QED) is 0.453. The Labute approximate surface area is 78.9 Å². The molecule has 5 nitrogen and oxygen atoms in total. The SMILES string of the molecule is CC(C)N=C(N)NN1CCOCC1. The summed E-state index contributed by atoms with van der Waals surface area (Å²) in [7, 11) is 0. The Balaban J connectivity index is 2.29. The normalized spacial score (nSPS) is 20.7. The van der Waals surface area contributed by atoms with Gasteiger partial charge in [-0.1, -0.05) is 0 Å². The highest BCUT2D eigenvalue weighted by atomic mass is 16.5. The molecule has 1 aliphatic rings. The third-order valence-electron chi connectivity index (χ3n) is 1.68. The smallest absolute Gasteiger partial charge is 0.203 e. The minimum Gasteiger partial charge on any atom is -0.379 e. The van der Waals surface area contributed by atoms with Gasteiger partial charge in [0.1, 0.15) is 0 Å². The molecular formula is C8H18N4O. The molecule has 0 bridgehead atoms. The number of ether oxygens (including phenoxy) is 1. The zero-order valence-electron chi connectivity index (χ0n) is 8.29. The second kappa shape index (κ2) is 5.04. The molecule has 0 aliphatic carbocycles.